The van der Waals surface area contributed by atoms with Crippen LogP contribution in [0.15, 0.2) is 41.3 Å². The van der Waals surface area contributed by atoms with Crippen molar-refractivity contribution in [2.45, 2.75) is 6.92 Å². The van der Waals surface area contributed by atoms with E-state index in [-0.39, 0.29) is 0 Å². The zero-order valence-electron chi connectivity index (χ0n) is 9.76. The number of fused-ring (bicyclic) bond motifs is 1. The van der Waals surface area contributed by atoms with Crippen molar-refractivity contribution in [3.63, 3.8) is 0 Å². The van der Waals surface area contributed by atoms with E-state index in [1.165, 1.54) is 0 Å². The van der Waals surface area contributed by atoms with E-state index in [4.69, 9.17) is 5.73 Å². The average Bonchev–Trinajstić information content (AvgIpc) is 2.66. The predicted octanol–water partition coefficient (Wildman–Crippen LogP) is 3.05. The Bertz CT molecular complexity index is 733. The fourth-order valence-electron chi connectivity index (χ4n) is 1.92. The summed E-state index contributed by atoms with van der Waals surface area (Å²) in [6.07, 6.45) is 5.43. The van der Waals surface area contributed by atoms with Gasteiger partial charge < -0.3 is 5.73 Å². The maximum atomic E-state index is 6.13. The van der Waals surface area contributed by atoms with Gasteiger partial charge in [0.05, 0.1) is 0 Å². The molecule has 0 fully saturated rings. The zero-order valence-corrected chi connectivity index (χ0v) is 11.3. The fraction of sp³-hybridized carbons (Fsp3) is 0.0769. The summed E-state index contributed by atoms with van der Waals surface area (Å²) in [5.74, 6) is 0.630. The van der Waals surface area contributed by atoms with Crippen LogP contribution in [0.5, 0.6) is 0 Å². The maximum absolute atomic E-state index is 6.13. The normalized spacial score (nSPS) is 11.0. The molecule has 4 nitrogen and oxygen atoms in total. The number of halogens is 1. The summed E-state index contributed by atoms with van der Waals surface area (Å²) in [6.45, 7) is 2.03. The number of hydrogen-bond acceptors (Lipinski definition) is 3. The molecule has 0 atom stereocenters. The lowest BCUT2D eigenvalue weighted by molar-refractivity contribution is 1.18. The second-order valence-electron chi connectivity index (χ2n) is 4.17. The lowest BCUT2D eigenvalue weighted by Gasteiger charge is -1.99. The van der Waals surface area contributed by atoms with E-state index in [1.807, 2.05) is 35.7 Å². The summed E-state index contributed by atoms with van der Waals surface area (Å²) in [4.78, 5) is 8.70. The molecule has 0 spiro atoms. The fourth-order valence-corrected chi connectivity index (χ4v) is 2.28. The van der Waals surface area contributed by atoms with Gasteiger partial charge in [0.25, 0.3) is 0 Å². The number of anilines is 1. The van der Waals surface area contributed by atoms with Crippen LogP contribution in [0.4, 0.5) is 5.82 Å². The highest BCUT2D eigenvalue weighted by Gasteiger charge is 2.11. The van der Waals surface area contributed by atoms with Gasteiger partial charge in [-0.15, -0.1) is 0 Å². The quantitative estimate of drug-likeness (QED) is 0.751. The number of aryl methyl sites for hydroxylation is 1. The molecule has 0 aromatic carbocycles. The van der Waals surface area contributed by atoms with Crippen molar-refractivity contribution in [1.82, 2.24) is 14.4 Å². The Labute approximate surface area is 113 Å². The predicted molar refractivity (Wildman–Crippen MR) is 75.3 cm³/mol. The molecule has 3 heterocycles. The van der Waals surface area contributed by atoms with Gasteiger partial charge in [-0.25, -0.2) is 4.98 Å². The number of aromatic nitrogens is 3. The number of pyridine rings is 2. The van der Waals surface area contributed by atoms with Crippen molar-refractivity contribution in [1.29, 1.82) is 0 Å². The van der Waals surface area contributed by atoms with Crippen molar-refractivity contribution in [2.24, 2.45) is 0 Å². The van der Waals surface area contributed by atoms with Crippen molar-refractivity contribution >= 4 is 27.4 Å². The lowest BCUT2D eigenvalue weighted by atomic mass is 10.2. The largest absolute Gasteiger partial charge is 0.383 e. The van der Waals surface area contributed by atoms with Gasteiger partial charge in [-0.3, -0.25) is 9.38 Å². The van der Waals surface area contributed by atoms with Crippen molar-refractivity contribution in [2.75, 3.05) is 5.73 Å². The highest BCUT2D eigenvalue weighted by Crippen LogP contribution is 2.27. The minimum absolute atomic E-state index is 0.630. The molecular weight excluding hydrogens is 292 g/mol. The molecule has 0 amide bonds. The SMILES string of the molecule is Cc1ccn2c(N)c(-c3cncc(Br)c3)nc2c1. The third kappa shape index (κ3) is 1.76. The molecule has 90 valence electrons. The minimum Gasteiger partial charge on any atom is -0.383 e. The number of rotatable bonds is 1. The topological polar surface area (TPSA) is 56.2 Å². The molecule has 0 saturated heterocycles. The Hall–Kier alpha value is -1.88. The summed E-state index contributed by atoms with van der Waals surface area (Å²) in [7, 11) is 0. The summed E-state index contributed by atoms with van der Waals surface area (Å²) in [5.41, 5.74) is 9.80. The number of nitrogens with two attached hydrogens (primary N) is 1. The van der Waals surface area contributed by atoms with Crippen LogP contribution < -0.4 is 5.73 Å². The van der Waals surface area contributed by atoms with Gasteiger partial charge in [0.15, 0.2) is 0 Å². The van der Waals surface area contributed by atoms with Crippen molar-refractivity contribution in [3.8, 4) is 11.3 Å². The first kappa shape index (κ1) is 11.2. The summed E-state index contributed by atoms with van der Waals surface area (Å²) in [6, 6.07) is 5.97. The van der Waals surface area contributed by atoms with E-state index in [2.05, 4.69) is 25.9 Å². The smallest absolute Gasteiger partial charge is 0.139 e. The van der Waals surface area contributed by atoms with Crippen LogP contribution >= 0.6 is 15.9 Å². The minimum atomic E-state index is 0.630. The second kappa shape index (κ2) is 4.10. The molecule has 0 aliphatic carbocycles. The van der Waals surface area contributed by atoms with Crippen molar-refractivity contribution in [3.05, 3.63) is 46.8 Å². The average molecular weight is 303 g/mol. The van der Waals surface area contributed by atoms with Crippen LogP contribution in [0.2, 0.25) is 0 Å². The molecular formula is C13H11BrN4. The summed E-state index contributed by atoms with van der Waals surface area (Å²) < 4.78 is 2.79. The first-order valence-electron chi connectivity index (χ1n) is 5.50. The number of nitrogen functional groups attached to an aromatic ring is 1. The van der Waals surface area contributed by atoms with E-state index in [1.54, 1.807) is 12.4 Å². The van der Waals surface area contributed by atoms with Crippen molar-refractivity contribution < 1.29 is 0 Å². The molecule has 5 heteroatoms. The van der Waals surface area contributed by atoms with Gasteiger partial charge in [0.2, 0.25) is 0 Å². The lowest BCUT2D eigenvalue weighted by Crippen LogP contribution is -1.94. The summed E-state index contributed by atoms with van der Waals surface area (Å²) >= 11 is 3.40. The Morgan fingerprint density at radius 2 is 2.11 bits per heavy atom. The van der Waals surface area contributed by atoms with Crippen LogP contribution in [-0.2, 0) is 0 Å². The molecule has 0 radical (unpaired) electrons. The van der Waals surface area contributed by atoms with Crippen LogP contribution in [0, 0.1) is 6.92 Å². The van der Waals surface area contributed by atoms with Gasteiger partial charge in [-0.1, -0.05) is 0 Å². The molecule has 0 aliphatic rings. The zero-order chi connectivity index (χ0) is 12.7. The van der Waals surface area contributed by atoms with E-state index >= 15 is 0 Å². The Balaban J connectivity index is 2.27. The third-order valence-corrected chi connectivity index (χ3v) is 3.23. The molecule has 3 aromatic heterocycles. The van der Waals surface area contributed by atoms with Gasteiger partial charge in [-0.05, 0) is 46.6 Å². The Morgan fingerprint density at radius 1 is 1.28 bits per heavy atom. The van der Waals surface area contributed by atoms with Gasteiger partial charge in [-0.2, -0.15) is 0 Å². The van der Waals surface area contributed by atoms with E-state index in [0.717, 1.165) is 26.9 Å². The first-order chi connectivity index (χ1) is 8.65. The molecule has 0 bridgehead atoms. The van der Waals surface area contributed by atoms with Crippen LogP contribution in [0.25, 0.3) is 16.9 Å². The Kier molecular flexibility index (Phi) is 2.56. The maximum Gasteiger partial charge on any atom is 0.139 e. The highest BCUT2D eigenvalue weighted by atomic mass is 79.9. The molecule has 3 rings (SSSR count). The van der Waals surface area contributed by atoms with Crippen LogP contribution in [-0.4, -0.2) is 14.4 Å². The molecule has 0 aliphatic heterocycles. The Morgan fingerprint density at radius 3 is 2.89 bits per heavy atom. The molecule has 2 N–H and O–H groups in total. The summed E-state index contributed by atoms with van der Waals surface area (Å²) in [5, 5.41) is 0. The third-order valence-electron chi connectivity index (χ3n) is 2.80. The molecule has 3 aromatic rings. The van der Waals surface area contributed by atoms with Crippen LogP contribution in [0.1, 0.15) is 5.56 Å². The van der Waals surface area contributed by atoms with Gasteiger partial charge in [0.1, 0.15) is 17.2 Å². The number of imidazole rings is 1. The van der Waals surface area contributed by atoms with E-state index in [9.17, 15) is 0 Å². The molecule has 0 saturated carbocycles. The van der Waals surface area contributed by atoms with Gasteiger partial charge in [0, 0.05) is 28.6 Å². The second-order valence-corrected chi connectivity index (χ2v) is 5.09. The standard InChI is InChI=1S/C13H11BrN4/c1-8-2-3-18-11(4-8)17-12(13(18)15)9-5-10(14)7-16-6-9/h2-7H,15H2,1H3. The number of hydrogen-bond donors (Lipinski definition) is 1. The van der Waals surface area contributed by atoms with E-state index < -0.39 is 0 Å². The highest BCUT2D eigenvalue weighted by molar-refractivity contribution is 9.10. The monoisotopic (exact) mass is 302 g/mol. The number of nitrogens with zero attached hydrogens (tertiary/aromatic N) is 3. The molecule has 0 unspecified atom stereocenters. The van der Waals surface area contributed by atoms with Gasteiger partial charge >= 0.3 is 0 Å². The van der Waals surface area contributed by atoms with Crippen LogP contribution in [0.3, 0.4) is 0 Å². The van der Waals surface area contributed by atoms with E-state index in [0.29, 0.717) is 5.82 Å². The molecule has 18 heavy (non-hydrogen) atoms. The first-order valence-corrected chi connectivity index (χ1v) is 6.29.